The molecule has 3 rings (SSSR count). The summed E-state index contributed by atoms with van der Waals surface area (Å²) in [6.07, 6.45) is 1.06. The maximum absolute atomic E-state index is 4.78. The predicted octanol–water partition coefficient (Wildman–Crippen LogP) is 3.36. The first kappa shape index (κ1) is 14.2. The molecule has 0 radical (unpaired) electrons. The van der Waals surface area contributed by atoms with Crippen molar-refractivity contribution < 1.29 is 0 Å². The zero-order valence-electron chi connectivity index (χ0n) is 13.3. The van der Waals surface area contributed by atoms with Crippen LogP contribution in [0, 0.1) is 6.92 Å². The van der Waals surface area contributed by atoms with Gasteiger partial charge in [-0.1, -0.05) is 24.3 Å². The summed E-state index contributed by atoms with van der Waals surface area (Å²) >= 11 is 0. The molecular formula is C18H23N3. The molecule has 110 valence electrons. The number of hydrogen-bond acceptors (Lipinski definition) is 3. The second-order valence-electron chi connectivity index (χ2n) is 6.92. The molecule has 1 atom stereocenters. The topological polar surface area (TPSA) is 37.8 Å². The lowest BCUT2D eigenvalue weighted by atomic mass is 9.77. The highest BCUT2D eigenvalue weighted by molar-refractivity contribution is 5.44. The molecule has 3 nitrogen and oxygen atoms in total. The first-order chi connectivity index (χ1) is 9.92. The highest BCUT2D eigenvalue weighted by Gasteiger charge is 2.29. The summed E-state index contributed by atoms with van der Waals surface area (Å²) in [6, 6.07) is 10.7. The van der Waals surface area contributed by atoms with Gasteiger partial charge in [0, 0.05) is 23.7 Å². The second kappa shape index (κ2) is 5.23. The van der Waals surface area contributed by atoms with Gasteiger partial charge in [0.15, 0.2) is 0 Å². The summed E-state index contributed by atoms with van der Waals surface area (Å²) in [5, 5.41) is 3.50. The third-order valence-electron chi connectivity index (χ3n) is 3.89. The van der Waals surface area contributed by atoms with E-state index in [1.807, 2.05) is 0 Å². The average molecular weight is 281 g/mol. The van der Waals surface area contributed by atoms with E-state index in [0.717, 1.165) is 30.2 Å². The van der Waals surface area contributed by atoms with Crippen LogP contribution in [0.4, 0.5) is 0 Å². The monoisotopic (exact) mass is 281 g/mol. The average Bonchev–Trinajstić information content (AvgIpc) is 2.37. The third-order valence-corrected chi connectivity index (χ3v) is 3.89. The van der Waals surface area contributed by atoms with Crippen molar-refractivity contribution >= 4 is 0 Å². The Kier molecular flexibility index (Phi) is 3.54. The molecule has 1 aliphatic rings. The second-order valence-corrected chi connectivity index (χ2v) is 6.92. The smallest absolute Gasteiger partial charge is 0.136 e. The highest BCUT2D eigenvalue weighted by Crippen LogP contribution is 2.38. The van der Waals surface area contributed by atoms with Crippen LogP contribution in [0.5, 0.6) is 0 Å². The fourth-order valence-corrected chi connectivity index (χ4v) is 2.75. The lowest BCUT2D eigenvalue weighted by molar-refractivity contribution is 0.420. The predicted molar refractivity (Wildman–Crippen MR) is 85.4 cm³/mol. The number of nitrogens with zero attached hydrogens (tertiary/aromatic N) is 2. The Labute approximate surface area is 126 Å². The fourth-order valence-electron chi connectivity index (χ4n) is 2.75. The minimum absolute atomic E-state index is 0.0993. The van der Waals surface area contributed by atoms with E-state index in [1.165, 1.54) is 11.1 Å². The Morgan fingerprint density at radius 2 is 1.95 bits per heavy atom. The Bertz CT molecular complexity index is 656. The van der Waals surface area contributed by atoms with E-state index in [0.29, 0.717) is 5.92 Å². The van der Waals surface area contributed by atoms with Crippen molar-refractivity contribution in [3.05, 3.63) is 58.7 Å². The van der Waals surface area contributed by atoms with E-state index in [-0.39, 0.29) is 5.54 Å². The third kappa shape index (κ3) is 3.13. The van der Waals surface area contributed by atoms with Crippen LogP contribution in [0.15, 0.2) is 30.3 Å². The maximum Gasteiger partial charge on any atom is 0.136 e. The van der Waals surface area contributed by atoms with Gasteiger partial charge >= 0.3 is 0 Å². The fraction of sp³-hybridized carbons (Fsp3) is 0.444. The van der Waals surface area contributed by atoms with Crippen LogP contribution < -0.4 is 5.32 Å². The number of aryl methyl sites for hydroxylation is 1. The van der Waals surface area contributed by atoms with Crippen molar-refractivity contribution in [1.29, 1.82) is 0 Å². The van der Waals surface area contributed by atoms with Crippen molar-refractivity contribution in [2.45, 2.75) is 52.1 Å². The van der Waals surface area contributed by atoms with E-state index < -0.39 is 0 Å². The van der Waals surface area contributed by atoms with Crippen molar-refractivity contribution in [3.8, 4) is 0 Å². The van der Waals surface area contributed by atoms with E-state index >= 15 is 0 Å². The lowest BCUT2D eigenvalue weighted by Gasteiger charge is -2.29. The summed E-state index contributed by atoms with van der Waals surface area (Å²) in [4.78, 5) is 9.44. The number of fused-ring (bicyclic) bond motifs is 1. The lowest BCUT2D eigenvalue weighted by Crippen LogP contribution is -2.35. The zero-order valence-corrected chi connectivity index (χ0v) is 13.3. The van der Waals surface area contributed by atoms with Gasteiger partial charge in [0.05, 0.1) is 5.69 Å². The zero-order chi connectivity index (χ0) is 15.0. The Balaban J connectivity index is 1.83. The van der Waals surface area contributed by atoms with Crippen LogP contribution in [-0.4, -0.2) is 15.5 Å². The van der Waals surface area contributed by atoms with Crippen LogP contribution in [0.1, 0.15) is 55.0 Å². The molecule has 21 heavy (non-hydrogen) atoms. The molecule has 0 fully saturated rings. The molecular weight excluding hydrogens is 258 g/mol. The van der Waals surface area contributed by atoms with Crippen molar-refractivity contribution in [2.75, 3.05) is 0 Å². The number of rotatable bonds is 3. The van der Waals surface area contributed by atoms with Crippen molar-refractivity contribution in [3.63, 3.8) is 0 Å². The first-order valence-electron chi connectivity index (χ1n) is 7.60. The molecule has 0 bridgehead atoms. The van der Waals surface area contributed by atoms with Gasteiger partial charge < -0.3 is 5.32 Å². The summed E-state index contributed by atoms with van der Waals surface area (Å²) in [5.41, 5.74) is 5.05. The van der Waals surface area contributed by atoms with Crippen LogP contribution in [0.3, 0.4) is 0 Å². The van der Waals surface area contributed by atoms with Crippen LogP contribution in [0.2, 0.25) is 0 Å². The minimum atomic E-state index is 0.0993. The molecule has 1 aromatic heterocycles. The van der Waals surface area contributed by atoms with E-state index in [9.17, 15) is 0 Å². The number of hydrogen-bond donors (Lipinski definition) is 1. The normalized spacial score (nSPS) is 17.2. The molecule has 0 aliphatic heterocycles. The molecule has 1 N–H and O–H groups in total. The molecule has 1 unspecified atom stereocenters. The number of nitrogens with one attached hydrogen (secondary N) is 1. The first-order valence-corrected chi connectivity index (χ1v) is 7.60. The van der Waals surface area contributed by atoms with Gasteiger partial charge in [0.25, 0.3) is 0 Å². The van der Waals surface area contributed by atoms with Gasteiger partial charge in [-0.15, -0.1) is 0 Å². The van der Waals surface area contributed by atoms with Crippen LogP contribution >= 0.6 is 0 Å². The molecule has 3 heteroatoms. The van der Waals surface area contributed by atoms with Crippen molar-refractivity contribution in [1.82, 2.24) is 15.3 Å². The quantitative estimate of drug-likeness (QED) is 0.937. The summed E-state index contributed by atoms with van der Waals surface area (Å²) in [7, 11) is 0. The van der Waals surface area contributed by atoms with E-state index in [2.05, 4.69) is 68.3 Å². The van der Waals surface area contributed by atoms with Gasteiger partial charge in [0.1, 0.15) is 5.82 Å². The van der Waals surface area contributed by atoms with Crippen LogP contribution in [-0.2, 0) is 13.0 Å². The summed E-state index contributed by atoms with van der Waals surface area (Å²) in [6.45, 7) is 9.35. The minimum Gasteiger partial charge on any atom is -0.306 e. The summed E-state index contributed by atoms with van der Waals surface area (Å²) < 4.78 is 0. The maximum atomic E-state index is 4.78. The number of benzene rings is 1. The molecule has 0 spiro atoms. The molecule has 1 aliphatic carbocycles. The SMILES string of the molecule is Cc1cc(CNC(C)(C)C)nc(C2Cc3ccccc32)n1. The Morgan fingerprint density at radius 3 is 2.67 bits per heavy atom. The van der Waals surface area contributed by atoms with Gasteiger partial charge in [-0.3, -0.25) is 0 Å². The van der Waals surface area contributed by atoms with Gasteiger partial charge in [-0.05, 0) is 51.3 Å². The Hall–Kier alpha value is -1.74. The van der Waals surface area contributed by atoms with E-state index in [4.69, 9.17) is 4.98 Å². The summed E-state index contributed by atoms with van der Waals surface area (Å²) in [5.74, 6) is 1.34. The standard InChI is InChI=1S/C18H23N3/c1-12-9-14(11-19-18(2,3)4)21-17(20-12)16-10-13-7-5-6-8-15(13)16/h5-9,16,19H,10-11H2,1-4H3. The molecule has 0 saturated heterocycles. The number of aromatic nitrogens is 2. The van der Waals surface area contributed by atoms with Crippen LogP contribution in [0.25, 0.3) is 0 Å². The van der Waals surface area contributed by atoms with Gasteiger partial charge in [-0.2, -0.15) is 0 Å². The molecule has 2 aromatic rings. The Morgan fingerprint density at radius 1 is 1.19 bits per heavy atom. The van der Waals surface area contributed by atoms with E-state index in [1.54, 1.807) is 0 Å². The largest absolute Gasteiger partial charge is 0.306 e. The highest BCUT2D eigenvalue weighted by atomic mass is 15.0. The molecule has 1 aromatic carbocycles. The van der Waals surface area contributed by atoms with Gasteiger partial charge in [0.2, 0.25) is 0 Å². The van der Waals surface area contributed by atoms with Gasteiger partial charge in [-0.25, -0.2) is 9.97 Å². The molecule has 0 amide bonds. The molecule has 0 saturated carbocycles. The van der Waals surface area contributed by atoms with Crippen molar-refractivity contribution in [2.24, 2.45) is 0 Å². The molecule has 1 heterocycles.